The Morgan fingerprint density at radius 1 is 0.921 bits per heavy atom. The second-order valence-electron chi connectivity index (χ2n) is 9.16. The lowest BCUT2D eigenvalue weighted by Crippen LogP contribution is -2.49. The molecule has 1 aliphatic heterocycles. The van der Waals surface area contributed by atoms with Crippen molar-refractivity contribution in [1.82, 2.24) is 4.90 Å². The van der Waals surface area contributed by atoms with Crippen molar-refractivity contribution in [3.63, 3.8) is 0 Å². The number of halogens is 1. The van der Waals surface area contributed by atoms with Gasteiger partial charge in [-0.15, -0.1) is 0 Å². The van der Waals surface area contributed by atoms with E-state index in [9.17, 15) is 21.9 Å². The second kappa shape index (κ2) is 10.3. The van der Waals surface area contributed by atoms with Crippen LogP contribution in [0.2, 0.25) is 0 Å². The first-order valence-electron chi connectivity index (χ1n) is 12.0. The zero-order valence-electron chi connectivity index (χ0n) is 20.2. The van der Waals surface area contributed by atoms with E-state index in [1.165, 1.54) is 12.1 Å². The number of benzene rings is 3. The van der Waals surface area contributed by atoms with Crippen molar-refractivity contribution in [2.75, 3.05) is 37.7 Å². The minimum absolute atomic E-state index is 0.0465. The van der Waals surface area contributed by atoms with Gasteiger partial charge >= 0.3 is 22.6 Å². The predicted molar refractivity (Wildman–Crippen MR) is 137 cm³/mol. The lowest BCUT2D eigenvalue weighted by atomic mass is 9.98. The Hall–Kier alpha value is -4.12. The van der Waals surface area contributed by atoms with Gasteiger partial charge in [-0.2, -0.15) is 8.42 Å². The Morgan fingerprint density at radius 3 is 2.11 bits per heavy atom. The fourth-order valence-electron chi connectivity index (χ4n) is 5.10. The fraction of sp³-hybridized carbons (Fsp3) is 0.259. The van der Waals surface area contributed by atoms with Crippen LogP contribution in [0.25, 0.3) is 11.1 Å². The van der Waals surface area contributed by atoms with Crippen LogP contribution < -0.4 is 9.08 Å². The quantitative estimate of drug-likeness (QED) is 0.448. The molecule has 0 spiro atoms. The molecule has 198 valence electrons. The second-order valence-corrected chi connectivity index (χ2v) is 10.1. The summed E-state index contributed by atoms with van der Waals surface area (Å²) in [4.78, 5) is 27.5. The number of rotatable bonds is 7. The van der Waals surface area contributed by atoms with Gasteiger partial charge in [0.2, 0.25) is 0 Å². The Labute approximate surface area is 219 Å². The van der Waals surface area contributed by atoms with E-state index in [0.29, 0.717) is 31.9 Å². The summed E-state index contributed by atoms with van der Waals surface area (Å²) >= 11 is 0. The minimum atomic E-state index is -5.28. The van der Waals surface area contributed by atoms with Crippen LogP contribution in [0.4, 0.5) is 14.4 Å². The number of carboxylic acid groups (broad SMARTS) is 1. The van der Waals surface area contributed by atoms with Gasteiger partial charge in [0.1, 0.15) is 12.4 Å². The molecule has 3 aromatic rings. The van der Waals surface area contributed by atoms with E-state index in [0.717, 1.165) is 22.3 Å². The highest BCUT2D eigenvalue weighted by molar-refractivity contribution is 7.81. The molecule has 1 aliphatic carbocycles. The Balaban J connectivity index is 1.23. The first-order valence-corrected chi connectivity index (χ1v) is 13.3. The first kappa shape index (κ1) is 25.5. The number of piperazine rings is 1. The van der Waals surface area contributed by atoms with E-state index >= 15 is 0 Å². The molecule has 1 saturated heterocycles. The summed E-state index contributed by atoms with van der Waals surface area (Å²) in [5.41, 5.74) is 5.27. The first-order chi connectivity index (χ1) is 18.2. The van der Waals surface area contributed by atoms with Gasteiger partial charge in [0.05, 0.1) is 6.42 Å². The highest BCUT2D eigenvalue weighted by atomic mass is 32.3. The van der Waals surface area contributed by atoms with Crippen LogP contribution in [0.1, 0.15) is 22.6 Å². The molecule has 0 atom stereocenters. The van der Waals surface area contributed by atoms with E-state index in [1.807, 2.05) is 29.2 Å². The number of anilines is 1. The number of hydrogen-bond donors (Lipinski definition) is 1. The number of hydrogen-bond acceptors (Lipinski definition) is 7. The summed E-state index contributed by atoms with van der Waals surface area (Å²) in [6, 6.07) is 20.3. The van der Waals surface area contributed by atoms with Gasteiger partial charge in [-0.3, -0.25) is 4.79 Å². The van der Waals surface area contributed by atoms with Gasteiger partial charge in [0, 0.05) is 43.9 Å². The predicted octanol–water partition coefficient (Wildman–Crippen LogP) is 3.98. The van der Waals surface area contributed by atoms with Crippen LogP contribution in [0.3, 0.4) is 0 Å². The number of carbonyl (C=O) groups is 2. The smallest absolute Gasteiger partial charge is 0.481 e. The van der Waals surface area contributed by atoms with Crippen LogP contribution in [0.15, 0.2) is 66.7 Å². The van der Waals surface area contributed by atoms with E-state index < -0.39 is 29.0 Å². The monoisotopic (exact) mass is 540 g/mol. The molecule has 1 heterocycles. The summed E-state index contributed by atoms with van der Waals surface area (Å²) in [6.07, 6.45) is -0.824. The van der Waals surface area contributed by atoms with Crippen molar-refractivity contribution in [2.24, 2.45) is 0 Å². The zero-order valence-corrected chi connectivity index (χ0v) is 21.1. The number of carboxylic acids is 1. The normalized spacial score (nSPS) is 15.1. The van der Waals surface area contributed by atoms with Crippen LogP contribution in [0, 0.1) is 0 Å². The van der Waals surface area contributed by atoms with Gasteiger partial charge in [-0.25, -0.2) is 4.79 Å². The molecule has 38 heavy (non-hydrogen) atoms. The number of carbonyl (C=O) groups excluding carboxylic acids is 1. The fourth-order valence-corrected chi connectivity index (χ4v) is 5.42. The maximum absolute atomic E-state index is 13.1. The maximum Gasteiger partial charge on any atom is 0.488 e. The molecule has 1 N–H and O–H groups in total. The third-order valence-corrected chi connectivity index (χ3v) is 7.13. The molecule has 1 amide bonds. The number of nitrogens with zero attached hydrogens (tertiary/aromatic N) is 2. The van der Waals surface area contributed by atoms with Crippen molar-refractivity contribution >= 4 is 28.3 Å². The van der Waals surface area contributed by atoms with Gasteiger partial charge in [-0.1, -0.05) is 52.4 Å². The summed E-state index contributed by atoms with van der Waals surface area (Å²) in [6.45, 7) is 1.63. The van der Waals surface area contributed by atoms with Crippen LogP contribution >= 0.6 is 0 Å². The highest BCUT2D eigenvalue weighted by Crippen LogP contribution is 2.44. The van der Waals surface area contributed by atoms with Gasteiger partial charge in [0.15, 0.2) is 0 Å². The van der Waals surface area contributed by atoms with Crippen LogP contribution in [0.5, 0.6) is 5.75 Å². The van der Waals surface area contributed by atoms with E-state index in [-0.39, 0.29) is 23.8 Å². The van der Waals surface area contributed by atoms with Crippen molar-refractivity contribution in [3.05, 3.63) is 83.4 Å². The Bertz CT molecular complexity index is 1440. The molecule has 0 bridgehead atoms. The molecule has 3 aromatic carbocycles. The van der Waals surface area contributed by atoms with Crippen molar-refractivity contribution in [3.8, 4) is 16.9 Å². The van der Waals surface area contributed by atoms with Crippen molar-refractivity contribution in [2.45, 2.75) is 12.3 Å². The number of fused-ring (bicyclic) bond motifs is 3. The molecular weight excluding hydrogens is 515 g/mol. The molecule has 11 heteroatoms. The van der Waals surface area contributed by atoms with E-state index in [2.05, 4.69) is 28.4 Å². The summed E-state index contributed by atoms with van der Waals surface area (Å²) in [5.74, 6) is -1.49. The Kier molecular flexibility index (Phi) is 6.94. The minimum Gasteiger partial charge on any atom is -0.481 e. The maximum atomic E-state index is 13.1. The molecule has 0 saturated carbocycles. The zero-order chi connectivity index (χ0) is 26.9. The average molecular weight is 541 g/mol. The average Bonchev–Trinajstić information content (AvgIpc) is 3.19. The molecule has 0 aromatic heterocycles. The molecule has 2 aliphatic rings. The van der Waals surface area contributed by atoms with Gasteiger partial charge in [0.25, 0.3) is 0 Å². The molecule has 5 rings (SSSR count). The third kappa shape index (κ3) is 5.57. The van der Waals surface area contributed by atoms with Crippen molar-refractivity contribution < 1.29 is 35.9 Å². The van der Waals surface area contributed by atoms with Crippen LogP contribution in [-0.2, 0) is 26.5 Å². The lowest BCUT2D eigenvalue weighted by molar-refractivity contribution is -0.136. The lowest BCUT2D eigenvalue weighted by Gasteiger charge is -2.36. The molecule has 9 nitrogen and oxygen atoms in total. The molecule has 0 unspecified atom stereocenters. The standard InChI is InChI=1S/C27H25FN2O7S/c28-38(34,35)37-20-14-18(15-26(31)32)13-19(16-20)29-9-11-30(12-10-29)27(33)36-17-25-23-7-3-1-5-21(23)22-6-2-4-8-24(22)25/h1-8,13-14,16,25H,9-12,15,17H2,(H,31,32). The number of ether oxygens (including phenoxy) is 1. The van der Waals surface area contributed by atoms with Gasteiger partial charge < -0.3 is 23.8 Å². The topological polar surface area (TPSA) is 113 Å². The number of aliphatic carboxylic acids is 1. The highest BCUT2D eigenvalue weighted by Gasteiger charge is 2.30. The molecule has 0 radical (unpaired) electrons. The van der Waals surface area contributed by atoms with Crippen molar-refractivity contribution in [1.29, 1.82) is 0 Å². The summed E-state index contributed by atoms with van der Waals surface area (Å²) in [5, 5.41) is 9.12. The number of amides is 1. The Morgan fingerprint density at radius 2 is 1.53 bits per heavy atom. The summed E-state index contributed by atoms with van der Waals surface area (Å²) < 4.78 is 45.1. The largest absolute Gasteiger partial charge is 0.488 e. The summed E-state index contributed by atoms with van der Waals surface area (Å²) in [7, 11) is -5.28. The van der Waals surface area contributed by atoms with E-state index in [1.54, 1.807) is 11.0 Å². The van der Waals surface area contributed by atoms with E-state index in [4.69, 9.17) is 9.84 Å². The third-order valence-electron chi connectivity index (χ3n) is 6.74. The van der Waals surface area contributed by atoms with Gasteiger partial charge in [-0.05, 0) is 39.9 Å². The SMILES string of the molecule is O=C(O)Cc1cc(OS(=O)(=O)F)cc(N2CCN(C(=O)OCC3c4ccccc4-c4ccccc43)CC2)c1. The molecular formula is C27H25FN2O7S. The van der Waals surface area contributed by atoms with Crippen LogP contribution in [-0.4, -0.2) is 63.3 Å². The molecule has 1 fully saturated rings.